The van der Waals surface area contributed by atoms with E-state index in [2.05, 4.69) is 0 Å². The Hall–Kier alpha value is -1.75. The van der Waals surface area contributed by atoms with Gasteiger partial charge in [0.2, 0.25) is 0 Å². The van der Waals surface area contributed by atoms with Gasteiger partial charge in [-0.05, 0) is 48.0 Å². The van der Waals surface area contributed by atoms with Crippen molar-refractivity contribution < 1.29 is 8.42 Å². The van der Waals surface area contributed by atoms with Gasteiger partial charge in [-0.15, -0.1) is 0 Å². The Balaban J connectivity index is 2.10. The summed E-state index contributed by atoms with van der Waals surface area (Å²) in [6.45, 7) is 2.06. The summed E-state index contributed by atoms with van der Waals surface area (Å²) in [5.74, 6) is 0. The quantitative estimate of drug-likeness (QED) is 0.611. The fraction of sp³-hybridized carbons (Fsp3) is 0.111. The van der Waals surface area contributed by atoms with Crippen LogP contribution in [0.3, 0.4) is 0 Å². The maximum Gasteiger partial charge on any atom is 0.264 e. The van der Waals surface area contributed by atoms with E-state index in [-0.39, 0.29) is 11.4 Å². The lowest BCUT2D eigenvalue weighted by atomic mass is 10.1. The van der Waals surface area contributed by atoms with E-state index in [4.69, 9.17) is 23.2 Å². The van der Waals surface area contributed by atoms with Crippen molar-refractivity contribution in [3.05, 3.63) is 70.7 Å². The van der Waals surface area contributed by atoms with Crippen LogP contribution < -0.4 is 4.31 Å². The van der Waals surface area contributed by atoms with Gasteiger partial charge >= 0.3 is 0 Å². The molecular formula is C18H15Cl2NO2S. The molecule has 0 aliphatic heterocycles. The van der Waals surface area contributed by atoms with Gasteiger partial charge in [0.05, 0.1) is 20.6 Å². The van der Waals surface area contributed by atoms with Gasteiger partial charge < -0.3 is 0 Å². The second-order valence-corrected chi connectivity index (χ2v) is 7.95. The highest BCUT2D eigenvalue weighted by Crippen LogP contribution is 2.31. The fourth-order valence-electron chi connectivity index (χ4n) is 2.59. The van der Waals surface area contributed by atoms with Crippen molar-refractivity contribution in [2.75, 3.05) is 10.8 Å². The van der Waals surface area contributed by atoms with Gasteiger partial charge in [0.1, 0.15) is 0 Å². The monoisotopic (exact) mass is 379 g/mol. The Morgan fingerprint density at radius 2 is 1.58 bits per heavy atom. The molecule has 0 saturated carbocycles. The summed E-state index contributed by atoms with van der Waals surface area (Å²) in [5.41, 5.74) is 0.486. The maximum absolute atomic E-state index is 13.1. The minimum Gasteiger partial charge on any atom is -0.267 e. The number of sulfonamides is 1. The molecule has 0 atom stereocenters. The van der Waals surface area contributed by atoms with Crippen molar-refractivity contribution in [1.82, 2.24) is 0 Å². The lowest BCUT2D eigenvalue weighted by Crippen LogP contribution is -2.30. The normalized spacial score (nSPS) is 11.6. The molecule has 124 valence electrons. The fourth-order valence-corrected chi connectivity index (χ4v) is 4.38. The lowest BCUT2D eigenvalue weighted by Gasteiger charge is -2.23. The third kappa shape index (κ3) is 3.09. The van der Waals surface area contributed by atoms with E-state index >= 15 is 0 Å². The largest absolute Gasteiger partial charge is 0.267 e. The Labute approximate surface area is 151 Å². The number of nitrogens with zero attached hydrogens (tertiary/aromatic N) is 1. The van der Waals surface area contributed by atoms with Gasteiger partial charge in [-0.3, -0.25) is 4.31 Å². The zero-order valence-corrected chi connectivity index (χ0v) is 15.2. The average Bonchev–Trinajstić information content (AvgIpc) is 2.58. The molecule has 0 saturated heterocycles. The molecule has 0 fully saturated rings. The third-order valence-corrected chi connectivity index (χ3v) is 6.43. The molecule has 3 nitrogen and oxygen atoms in total. The van der Waals surface area contributed by atoms with Gasteiger partial charge in [0.15, 0.2) is 0 Å². The minimum absolute atomic E-state index is 0.245. The second-order valence-electron chi connectivity index (χ2n) is 5.28. The number of fused-ring (bicyclic) bond motifs is 1. The number of benzene rings is 3. The predicted molar refractivity (Wildman–Crippen MR) is 101 cm³/mol. The summed E-state index contributed by atoms with van der Waals surface area (Å²) >= 11 is 12.0. The van der Waals surface area contributed by atoms with E-state index in [9.17, 15) is 8.42 Å². The Morgan fingerprint density at radius 3 is 2.25 bits per heavy atom. The van der Waals surface area contributed by atoms with Crippen molar-refractivity contribution in [3.8, 4) is 0 Å². The van der Waals surface area contributed by atoms with Crippen molar-refractivity contribution in [3.63, 3.8) is 0 Å². The molecular weight excluding hydrogens is 365 g/mol. The number of halogens is 2. The highest BCUT2D eigenvalue weighted by atomic mass is 35.5. The van der Waals surface area contributed by atoms with E-state index in [0.29, 0.717) is 15.7 Å². The third-order valence-electron chi connectivity index (χ3n) is 3.79. The van der Waals surface area contributed by atoms with Crippen LogP contribution in [0.25, 0.3) is 10.8 Å². The molecule has 0 aliphatic rings. The van der Waals surface area contributed by atoms with Gasteiger partial charge in [-0.2, -0.15) is 0 Å². The first-order chi connectivity index (χ1) is 11.4. The van der Waals surface area contributed by atoms with Crippen molar-refractivity contribution in [2.24, 2.45) is 0 Å². The molecule has 0 bridgehead atoms. The van der Waals surface area contributed by atoms with Crippen LogP contribution in [0.2, 0.25) is 10.0 Å². The Bertz CT molecular complexity index is 1000. The van der Waals surface area contributed by atoms with Gasteiger partial charge in [0.25, 0.3) is 10.0 Å². The lowest BCUT2D eigenvalue weighted by molar-refractivity contribution is 0.592. The molecule has 0 spiro atoms. The summed E-state index contributed by atoms with van der Waals surface area (Å²) in [6.07, 6.45) is 0. The van der Waals surface area contributed by atoms with E-state index in [0.717, 1.165) is 10.8 Å². The first kappa shape index (κ1) is 17.1. The highest BCUT2D eigenvalue weighted by Gasteiger charge is 2.24. The average molecular weight is 380 g/mol. The molecule has 3 aromatic carbocycles. The van der Waals surface area contributed by atoms with Crippen LogP contribution in [0.5, 0.6) is 0 Å². The van der Waals surface area contributed by atoms with Crippen LogP contribution in [0.15, 0.2) is 65.6 Å². The van der Waals surface area contributed by atoms with Crippen LogP contribution in [-0.2, 0) is 10.0 Å². The minimum atomic E-state index is -3.69. The second kappa shape index (κ2) is 6.63. The summed E-state index contributed by atoms with van der Waals surface area (Å²) in [7, 11) is -3.69. The van der Waals surface area contributed by atoms with E-state index in [1.54, 1.807) is 37.3 Å². The molecule has 3 aromatic rings. The molecule has 0 aliphatic carbocycles. The number of rotatable bonds is 4. The Morgan fingerprint density at radius 1 is 0.875 bits per heavy atom. The van der Waals surface area contributed by atoms with Crippen LogP contribution in [0.4, 0.5) is 5.69 Å². The summed E-state index contributed by atoms with van der Waals surface area (Å²) in [4.78, 5) is 0.245. The number of hydrogen-bond donors (Lipinski definition) is 0. The smallest absolute Gasteiger partial charge is 0.264 e. The van der Waals surface area contributed by atoms with E-state index in [1.165, 1.54) is 4.31 Å². The van der Waals surface area contributed by atoms with Crippen LogP contribution >= 0.6 is 23.2 Å². The summed E-state index contributed by atoms with van der Waals surface area (Å²) in [5, 5.41) is 2.58. The van der Waals surface area contributed by atoms with E-state index < -0.39 is 10.0 Å². The van der Waals surface area contributed by atoms with Crippen molar-refractivity contribution in [2.45, 2.75) is 11.8 Å². The number of hydrogen-bond acceptors (Lipinski definition) is 2. The van der Waals surface area contributed by atoms with Crippen LogP contribution in [0.1, 0.15) is 6.92 Å². The molecule has 0 unspecified atom stereocenters. The molecule has 0 radical (unpaired) electrons. The topological polar surface area (TPSA) is 37.4 Å². The SMILES string of the molecule is CCN(c1ccc(Cl)c(Cl)c1)S(=O)(=O)c1ccc2ccccc2c1. The molecule has 24 heavy (non-hydrogen) atoms. The first-order valence-corrected chi connectivity index (χ1v) is 9.59. The van der Waals surface area contributed by atoms with Crippen molar-refractivity contribution >= 4 is 49.7 Å². The van der Waals surface area contributed by atoms with Crippen molar-refractivity contribution in [1.29, 1.82) is 0 Å². The molecule has 6 heteroatoms. The van der Waals surface area contributed by atoms with E-state index in [1.807, 2.05) is 30.3 Å². The molecule has 0 heterocycles. The molecule has 0 N–H and O–H groups in total. The molecule has 3 rings (SSSR count). The summed E-state index contributed by atoms with van der Waals surface area (Å²) in [6, 6.07) is 17.6. The molecule has 0 aromatic heterocycles. The van der Waals surface area contributed by atoms with Crippen LogP contribution in [0, 0.1) is 0 Å². The maximum atomic E-state index is 13.1. The Kier molecular flexibility index (Phi) is 4.72. The first-order valence-electron chi connectivity index (χ1n) is 7.40. The number of anilines is 1. The van der Waals surface area contributed by atoms with Gasteiger partial charge in [-0.1, -0.05) is 53.5 Å². The molecule has 0 amide bonds. The highest BCUT2D eigenvalue weighted by molar-refractivity contribution is 7.92. The zero-order valence-electron chi connectivity index (χ0n) is 12.9. The van der Waals surface area contributed by atoms with Gasteiger partial charge in [0, 0.05) is 6.54 Å². The summed E-state index contributed by atoms with van der Waals surface area (Å²) < 4.78 is 27.4. The van der Waals surface area contributed by atoms with Crippen LogP contribution in [-0.4, -0.2) is 15.0 Å². The standard InChI is InChI=1S/C18H15Cl2NO2S/c1-2-21(15-8-10-17(19)18(20)12-15)24(22,23)16-9-7-13-5-3-4-6-14(13)11-16/h3-12H,2H2,1H3. The van der Waals surface area contributed by atoms with Gasteiger partial charge in [-0.25, -0.2) is 8.42 Å². The predicted octanol–water partition coefficient (Wildman–Crippen LogP) is 5.36. The zero-order chi connectivity index (χ0) is 17.3.